The molecule has 3 aromatic heterocycles. The van der Waals surface area contributed by atoms with Crippen LogP contribution >= 0.6 is 22.9 Å². The van der Waals surface area contributed by atoms with Gasteiger partial charge in [0.25, 0.3) is 0 Å². The second-order valence-electron chi connectivity index (χ2n) is 9.45. The zero-order valence-corrected chi connectivity index (χ0v) is 22.8. The van der Waals surface area contributed by atoms with Crippen LogP contribution in [-0.2, 0) is 4.79 Å². The molecule has 38 heavy (non-hydrogen) atoms. The van der Waals surface area contributed by atoms with E-state index in [1.54, 1.807) is 34.7 Å². The van der Waals surface area contributed by atoms with Crippen molar-refractivity contribution in [3.8, 4) is 17.1 Å². The van der Waals surface area contributed by atoms with E-state index in [2.05, 4.69) is 16.5 Å². The van der Waals surface area contributed by atoms with Gasteiger partial charge in [0.1, 0.15) is 11.6 Å². The van der Waals surface area contributed by atoms with Gasteiger partial charge in [0.2, 0.25) is 5.91 Å². The Morgan fingerprint density at radius 2 is 2.00 bits per heavy atom. The first-order chi connectivity index (χ1) is 18.2. The maximum Gasteiger partial charge on any atom is 0.357 e. The van der Waals surface area contributed by atoms with E-state index < -0.39 is 11.5 Å². The minimum absolute atomic E-state index is 0.105. The third kappa shape index (κ3) is 4.48. The van der Waals surface area contributed by atoms with Gasteiger partial charge in [-0.3, -0.25) is 4.79 Å². The van der Waals surface area contributed by atoms with Crippen LogP contribution in [0.1, 0.15) is 31.6 Å². The Bertz CT molecular complexity index is 1620. The standard InChI is InChI=1S/C27H26ClFN6O2S/c1-5-21(36)33-10-11-34(16(4)13-33)24-18-12-19(28)22(17-8-6-7-9-20(17)29)31-25(18)35(27(37)32-24)26-23(15(2)3)38-14-30-26/h5-9,12,14-16H,1,10-11,13H2,2-4H3/t16-/m0/s1. The van der Waals surface area contributed by atoms with Crippen LogP contribution in [0, 0.1) is 5.82 Å². The van der Waals surface area contributed by atoms with E-state index in [4.69, 9.17) is 16.6 Å². The fourth-order valence-electron chi connectivity index (χ4n) is 4.77. The van der Waals surface area contributed by atoms with Crippen molar-refractivity contribution >= 4 is 45.7 Å². The lowest BCUT2D eigenvalue weighted by atomic mass is 10.1. The molecule has 8 nitrogen and oxygen atoms in total. The third-order valence-corrected chi connectivity index (χ3v) is 8.03. The van der Waals surface area contributed by atoms with Crippen molar-refractivity contribution in [1.29, 1.82) is 0 Å². The van der Waals surface area contributed by atoms with Crippen LogP contribution in [0.2, 0.25) is 5.02 Å². The van der Waals surface area contributed by atoms with E-state index >= 15 is 0 Å². The lowest BCUT2D eigenvalue weighted by Gasteiger charge is -2.40. The van der Waals surface area contributed by atoms with Crippen LogP contribution < -0.4 is 10.6 Å². The van der Waals surface area contributed by atoms with Gasteiger partial charge in [0, 0.05) is 31.2 Å². The van der Waals surface area contributed by atoms with E-state index in [0.29, 0.717) is 36.7 Å². The molecule has 0 aliphatic carbocycles. The summed E-state index contributed by atoms with van der Waals surface area (Å²) in [4.78, 5) is 44.2. The molecule has 1 amide bonds. The molecule has 0 N–H and O–H groups in total. The highest BCUT2D eigenvalue weighted by atomic mass is 35.5. The Labute approximate surface area is 228 Å². The first-order valence-electron chi connectivity index (χ1n) is 12.2. The summed E-state index contributed by atoms with van der Waals surface area (Å²) in [5, 5.41) is 0.763. The number of nitrogens with zero attached hydrogens (tertiary/aromatic N) is 6. The van der Waals surface area contributed by atoms with Gasteiger partial charge in [0.15, 0.2) is 11.5 Å². The summed E-state index contributed by atoms with van der Waals surface area (Å²) in [5.41, 5.74) is 1.86. The average Bonchev–Trinajstić information content (AvgIpc) is 3.38. The van der Waals surface area contributed by atoms with Crippen molar-refractivity contribution in [2.24, 2.45) is 0 Å². The number of halogens is 2. The Morgan fingerprint density at radius 3 is 2.68 bits per heavy atom. The van der Waals surface area contributed by atoms with E-state index in [1.807, 2.05) is 25.7 Å². The number of amides is 1. The number of benzene rings is 1. The van der Waals surface area contributed by atoms with Crippen molar-refractivity contribution in [3.05, 3.63) is 74.7 Å². The number of carbonyl (C=O) groups excluding carboxylic acids is 1. The molecule has 1 saturated heterocycles. The lowest BCUT2D eigenvalue weighted by molar-refractivity contribution is -0.126. The van der Waals surface area contributed by atoms with Crippen molar-refractivity contribution < 1.29 is 9.18 Å². The molecule has 0 bridgehead atoms. The van der Waals surface area contributed by atoms with Gasteiger partial charge in [-0.25, -0.2) is 23.7 Å². The highest BCUT2D eigenvalue weighted by Crippen LogP contribution is 2.36. The van der Waals surface area contributed by atoms with Gasteiger partial charge >= 0.3 is 5.69 Å². The smallest absolute Gasteiger partial charge is 0.350 e. The molecule has 1 atom stereocenters. The summed E-state index contributed by atoms with van der Waals surface area (Å²) in [6.45, 7) is 10.9. The van der Waals surface area contributed by atoms with E-state index in [9.17, 15) is 14.0 Å². The molecule has 1 aliphatic heterocycles. The number of pyridine rings is 1. The maximum atomic E-state index is 14.8. The fourth-order valence-corrected chi connectivity index (χ4v) is 5.81. The summed E-state index contributed by atoms with van der Waals surface area (Å²) < 4.78 is 16.2. The Morgan fingerprint density at radius 1 is 1.24 bits per heavy atom. The van der Waals surface area contributed by atoms with Crippen molar-refractivity contribution in [3.63, 3.8) is 0 Å². The fraction of sp³-hybridized carbons (Fsp3) is 0.296. The van der Waals surface area contributed by atoms with Crippen molar-refractivity contribution in [2.45, 2.75) is 32.7 Å². The van der Waals surface area contributed by atoms with Crippen LogP contribution in [-0.4, -0.2) is 56.0 Å². The molecular weight excluding hydrogens is 527 g/mol. The molecule has 1 aliphatic rings. The second-order valence-corrected chi connectivity index (χ2v) is 10.7. The zero-order chi connectivity index (χ0) is 27.1. The summed E-state index contributed by atoms with van der Waals surface area (Å²) in [7, 11) is 0. The van der Waals surface area contributed by atoms with Gasteiger partial charge < -0.3 is 9.80 Å². The van der Waals surface area contributed by atoms with E-state index in [1.165, 1.54) is 28.0 Å². The van der Waals surface area contributed by atoms with Crippen LogP contribution in [0.4, 0.5) is 10.2 Å². The SMILES string of the molecule is C=CC(=O)N1CCN(c2nc(=O)n(-c3ncsc3C(C)C)c3nc(-c4ccccc4F)c(Cl)cc23)[C@@H](C)C1. The van der Waals surface area contributed by atoms with Crippen LogP contribution in [0.5, 0.6) is 0 Å². The van der Waals surface area contributed by atoms with Gasteiger partial charge in [-0.1, -0.05) is 44.2 Å². The molecule has 0 spiro atoms. The molecule has 1 aromatic carbocycles. The highest BCUT2D eigenvalue weighted by molar-refractivity contribution is 7.10. The minimum atomic E-state index is -0.550. The number of hydrogen-bond donors (Lipinski definition) is 0. The Balaban J connectivity index is 1.76. The van der Waals surface area contributed by atoms with Gasteiger partial charge in [-0.15, -0.1) is 11.3 Å². The molecule has 196 valence electrons. The summed E-state index contributed by atoms with van der Waals surface area (Å²) in [5.74, 6) is 0.345. The molecule has 5 rings (SSSR count). The minimum Gasteiger partial charge on any atom is -0.350 e. The highest BCUT2D eigenvalue weighted by Gasteiger charge is 2.30. The molecule has 0 unspecified atom stereocenters. The largest absolute Gasteiger partial charge is 0.357 e. The second kappa shape index (κ2) is 10.3. The van der Waals surface area contributed by atoms with Gasteiger partial charge in [-0.05, 0) is 37.1 Å². The Hall–Kier alpha value is -3.63. The Kier molecular flexibility index (Phi) is 7.02. The van der Waals surface area contributed by atoms with Crippen LogP contribution in [0.25, 0.3) is 28.1 Å². The molecule has 0 radical (unpaired) electrons. The number of hydrogen-bond acceptors (Lipinski definition) is 7. The quantitative estimate of drug-likeness (QED) is 0.322. The first kappa shape index (κ1) is 26.0. The predicted octanol–water partition coefficient (Wildman–Crippen LogP) is 5.04. The first-order valence-corrected chi connectivity index (χ1v) is 13.5. The molecule has 4 heterocycles. The average molecular weight is 553 g/mol. The van der Waals surface area contributed by atoms with Crippen molar-refractivity contribution in [1.82, 2.24) is 24.4 Å². The summed E-state index contributed by atoms with van der Waals surface area (Å²) in [6.07, 6.45) is 1.30. The molecule has 1 fully saturated rings. The van der Waals surface area contributed by atoms with E-state index in [-0.39, 0.29) is 39.8 Å². The third-order valence-electron chi connectivity index (χ3n) is 6.63. The predicted molar refractivity (Wildman–Crippen MR) is 149 cm³/mol. The normalized spacial score (nSPS) is 15.9. The number of aromatic nitrogens is 4. The number of piperazine rings is 1. The number of carbonyl (C=O) groups is 1. The number of fused-ring (bicyclic) bond motifs is 1. The molecule has 4 aromatic rings. The van der Waals surface area contributed by atoms with Crippen LogP contribution in [0.3, 0.4) is 0 Å². The number of rotatable bonds is 5. The van der Waals surface area contributed by atoms with Gasteiger partial charge in [-0.2, -0.15) is 4.98 Å². The summed E-state index contributed by atoms with van der Waals surface area (Å²) in [6, 6.07) is 7.77. The maximum absolute atomic E-state index is 14.8. The number of thiazole rings is 1. The van der Waals surface area contributed by atoms with E-state index in [0.717, 1.165) is 4.88 Å². The van der Waals surface area contributed by atoms with Crippen molar-refractivity contribution in [2.75, 3.05) is 24.5 Å². The monoisotopic (exact) mass is 552 g/mol. The zero-order valence-electron chi connectivity index (χ0n) is 21.2. The van der Waals surface area contributed by atoms with Crippen LogP contribution in [0.15, 0.2) is 53.3 Å². The lowest BCUT2D eigenvalue weighted by Crippen LogP contribution is -2.54. The molecule has 0 saturated carbocycles. The molecule has 11 heteroatoms. The molecular formula is C27H26ClFN6O2S. The summed E-state index contributed by atoms with van der Waals surface area (Å²) >= 11 is 8.14. The number of anilines is 1. The topological polar surface area (TPSA) is 84.2 Å². The van der Waals surface area contributed by atoms with Gasteiger partial charge in [0.05, 0.1) is 26.5 Å².